The van der Waals surface area contributed by atoms with Gasteiger partial charge in [0.05, 0.1) is 0 Å². The van der Waals surface area contributed by atoms with Crippen LogP contribution in [0.25, 0.3) is 0 Å². The van der Waals surface area contributed by atoms with Gasteiger partial charge in [-0.05, 0) is 18.8 Å². The van der Waals surface area contributed by atoms with E-state index in [0.29, 0.717) is 19.1 Å². The fourth-order valence-electron chi connectivity index (χ4n) is 0.416. The first-order chi connectivity index (χ1) is 6.92. The van der Waals surface area contributed by atoms with Crippen molar-refractivity contribution >= 4 is 34.8 Å². The van der Waals surface area contributed by atoms with Crippen molar-refractivity contribution in [1.82, 2.24) is 0 Å². The summed E-state index contributed by atoms with van der Waals surface area (Å²) in [7, 11) is 0. The molecule has 0 radical (unpaired) electrons. The summed E-state index contributed by atoms with van der Waals surface area (Å²) >= 11 is 14.4. The third kappa shape index (κ3) is 72.2. The fraction of sp³-hybridized carbons (Fsp3) is 1.00. The maximum absolute atomic E-state index is 8.24. The van der Waals surface area contributed by atoms with E-state index in [1.807, 2.05) is 0 Å². The molecule has 0 spiro atoms. The molecule has 0 amide bonds. The van der Waals surface area contributed by atoms with E-state index in [2.05, 4.69) is 20.8 Å². The van der Waals surface area contributed by atoms with E-state index in [0.717, 1.165) is 19.3 Å². The van der Waals surface area contributed by atoms with E-state index in [4.69, 9.17) is 45.0 Å². The van der Waals surface area contributed by atoms with Gasteiger partial charge in [0, 0.05) is 13.2 Å². The van der Waals surface area contributed by atoms with Crippen molar-refractivity contribution in [3.63, 3.8) is 0 Å². The molecule has 0 bridgehead atoms. The highest BCUT2D eigenvalue weighted by molar-refractivity contribution is 6.63. The maximum atomic E-state index is 8.24. The third-order valence-corrected chi connectivity index (χ3v) is 1.22. The fourth-order valence-corrected chi connectivity index (χ4v) is 0.416. The zero-order valence-electron chi connectivity index (χ0n) is 9.72. The van der Waals surface area contributed by atoms with Crippen LogP contribution in [0.15, 0.2) is 0 Å². The third-order valence-electron chi connectivity index (χ3n) is 1.22. The van der Waals surface area contributed by atoms with Gasteiger partial charge in [-0.15, -0.1) is 0 Å². The molecule has 96 valence electrons. The van der Waals surface area contributed by atoms with Gasteiger partial charge in [0.25, 0.3) is 0 Å². The van der Waals surface area contributed by atoms with Gasteiger partial charge in [-0.3, -0.25) is 0 Å². The van der Waals surface area contributed by atoms with Crippen LogP contribution < -0.4 is 0 Å². The molecule has 0 atom stereocenters. The highest BCUT2D eigenvalue weighted by atomic mass is 35.6. The predicted octanol–water partition coefficient (Wildman–Crippen LogP) is 3.79. The van der Waals surface area contributed by atoms with Crippen LogP contribution in [0.5, 0.6) is 0 Å². The highest BCUT2D eigenvalue weighted by Crippen LogP contribution is 2.03. The molecule has 0 saturated carbocycles. The van der Waals surface area contributed by atoms with Gasteiger partial charge in [0.2, 0.25) is 0 Å². The lowest BCUT2D eigenvalue weighted by molar-refractivity contribution is 0.268. The molecule has 0 aliphatic heterocycles. The Kier molecular flexibility index (Phi) is 28.5. The van der Waals surface area contributed by atoms with E-state index in [1.165, 1.54) is 0 Å². The maximum Gasteiger partial charge on any atom is 0.180 e. The minimum Gasteiger partial charge on any atom is -0.396 e. The van der Waals surface area contributed by atoms with Crippen molar-refractivity contribution in [2.75, 3.05) is 13.2 Å². The quantitative estimate of drug-likeness (QED) is 0.770. The van der Waals surface area contributed by atoms with Gasteiger partial charge in [-0.25, -0.2) is 0 Å². The molecule has 0 rings (SSSR count). The average molecular weight is 282 g/mol. The summed E-state index contributed by atoms with van der Waals surface area (Å²) in [6.45, 7) is 6.91. The number of hydrogen-bond acceptors (Lipinski definition) is 2. The minimum atomic E-state index is -0.750. The Morgan fingerprint density at radius 2 is 1.40 bits per heavy atom. The van der Waals surface area contributed by atoms with Gasteiger partial charge in [0.1, 0.15) is 0 Å². The molecule has 0 aromatic rings. The minimum absolute atomic E-state index is 0.331. The molecule has 0 unspecified atom stereocenters. The summed E-state index contributed by atoms with van der Waals surface area (Å²) in [5.41, 5.74) is 0. The van der Waals surface area contributed by atoms with Crippen molar-refractivity contribution in [1.29, 1.82) is 0 Å². The molecule has 2 nitrogen and oxygen atoms in total. The first-order valence-electron chi connectivity index (χ1n) is 5.06. The number of unbranched alkanes of at least 4 members (excludes halogenated alkanes) is 1. The van der Waals surface area contributed by atoms with Crippen molar-refractivity contribution < 1.29 is 10.2 Å². The highest BCUT2D eigenvalue weighted by Gasteiger charge is 1.86. The molecular formula is C10H23Cl3O2. The Morgan fingerprint density at radius 3 is 1.40 bits per heavy atom. The zero-order valence-corrected chi connectivity index (χ0v) is 12.0. The number of hydrogen-bond donors (Lipinski definition) is 2. The molecular weight excluding hydrogens is 258 g/mol. The number of aliphatic hydroxyl groups excluding tert-OH is 2. The van der Waals surface area contributed by atoms with Crippen molar-refractivity contribution in [3.05, 3.63) is 0 Å². The topological polar surface area (TPSA) is 40.5 Å². The van der Waals surface area contributed by atoms with Crippen molar-refractivity contribution in [2.24, 2.45) is 5.92 Å². The first-order valence-corrected chi connectivity index (χ1v) is 6.37. The normalized spacial score (nSPS) is 9.20. The summed E-state index contributed by atoms with van der Waals surface area (Å²) in [4.78, 5) is 0. The van der Waals surface area contributed by atoms with Gasteiger partial charge in [-0.2, -0.15) is 0 Å². The van der Waals surface area contributed by atoms with Crippen molar-refractivity contribution in [2.45, 2.75) is 44.3 Å². The van der Waals surface area contributed by atoms with E-state index in [9.17, 15) is 0 Å². The standard InChI is InChI=1S/C5H12O.C4H10O.CHCl3/c1-5(2)3-4-6;1-2-3-4-5;2-1(3)4/h5-6H,3-4H2,1-2H3;5H,2-4H2,1H3;1H. The summed E-state index contributed by atoms with van der Waals surface area (Å²) in [5, 5.41) is 16.3. The van der Waals surface area contributed by atoms with Gasteiger partial charge in [-0.1, -0.05) is 62.0 Å². The first kappa shape index (κ1) is 21.1. The summed E-state index contributed by atoms with van der Waals surface area (Å²) in [6.07, 6.45) is 2.97. The Labute approximate surface area is 109 Å². The van der Waals surface area contributed by atoms with Crippen molar-refractivity contribution in [3.8, 4) is 0 Å². The van der Waals surface area contributed by atoms with E-state index >= 15 is 0 Å². The SMILES string of the molecule is CC(C)CCO.CCCCO.ClC(Cl)Cl. The molecule has 0 aliphatic carbocycles. The molecule has 0 aliphatic rings. The molecule has 5 heteroatoms. The molecule has 0 fully saturated rings. The second-order valence-corrected chi connectivity index (χ2v) is 5.21. The Hall–Kier alpha value is 0.790. The number of halogens is 3. The average Bonchev–Trinajstić information content (AvgIpc) is 2.05. The van der Waals surface area contributed by atoms with Gasteiger partial charge < -0.3 is 10.2 Å². The predicted molar refractivity (Wildman–Crippen MR) is 69.9 cm³/mol. The van der Waals surface area contributed by atoms with Crippen LogP contribution >= 0.6 is 34.8 Å². The molecule has 0 heterocycles. The lowest BCUT2D eigenvalue weighted by Crippen LogP contribution is -1.89. The largest absolute Gasteiger partial charge is 0.396 e. The molecule has 2 N–H and O–H groups in total. The number of rotatable bonds is 4. The molecule has 0 saturated heterocycles. The van der Waals surface area contributed by atoms with E-state index < -0.39 is 4.30 Å². The van der Waals surface area contributed by atoms with Gasteiger partial charge >= 0.3 is 0 Å². The Balaban J connectivity index is -0.000000147. The summed E-state index contributed by atoms with van der Waals surface area (Å²) < 4.78 is -0.750. The van der Waals surface area contributed by atoms with Crippen LogP contribution in [0.1, 0.15) is 40.0 Å². The molecule has 0 aromatic heterocycles. The molecule has 0 aromatic carbocycles. The van der Waals surface area contributed by atoms with Gasteiger partial charge in [0.15, 0.2) is 4.30 Å². The monoisotopic (exact) mass is 280 g/mol. The second-order valence-electron chi connectivity index (χ2n) is 3.23. The lowest BCUT2D eigenvalue weighted by atomic mass is 10.2. The summed E-state index contributed by atoms with van der Waals surface area (Å²) in [5.74, 6) is 0.648. The Morgan fingerprint density at radius 1 is 1.00 bits per heavy atom. The molecule has 15 heavy (non-hydrogen) atoms. The van der Waals surface area contributed by atoms with Crippen LogP contribution in [0, 0.1) is 5.92 Å². The number of alkyl halides is 3. The summed E-state index contributed by atoms with van der Waals surface area (Å²) in [6, 6.07) is 0. The van der Waals surface area contributed by atoms with Crippen LogP contribution in [0.3, 0.4) is 0 Å². The Bertz CT molecular complexity index is 86.0. The smallest absolute Gasteiger partial charge is 0.180 e. The van der Waals surface area contributed by atoms with Crippen LogP contribution in [-0.4, -0.2) is 27.7 Å². The van der Waals surface area contributed by atoms with Crippen LogP contribution in [0.2, 0.25) is 0 Å². The van der Waals surface area contributed by atoms with Crippen LogP contribution in [-0.2, 0) is 0 Å². The van der Waals surface area contributed by atoms with E-state index in [1.54, 1.807) is 0 Å². The second kappa shape index (κ2) is 20.2. The number of aliphatic hydroxyl groups is 2. The zero-order chi connectivity index (χ0) is 12.7. The van der Waals surface area contributed by atoms with Crippen LogP contribution in [0.4, 0.5) is 0 Å². The lowest BCUT2D eigenvalue weighted by Gasteiger charge is -1.95. The van der Waals surface area contributed by atoms with E-state index in [-0.39, 0.29) is 0 Å².